The molecule has 1 aromatic carbocycles. The van der Waals surface area contributed by atoms with Crippen molar-refractivity contribution in [3.63, 3.8) is 0 Å². The molecule has 12 fully saturated rings. The fourth-order valence-corrected chi connectivity index (χ4v) is 15.3. The van der Waals surface area contributed by atoms with Gasteiger partial charge in [-0.05, 0) is 18.2 Å². The minimum absolute atomic E-state index is 0. The molecule has 300 valence electrons. The van der Waals surface area contributed by atoms with Gasteiger partial charge in [0.1, 0.15) is 38.1 Å². The normalized spacial score (nSPS) is 44.4. The molecule has 0 radical (unpaired) electrons. The lowest BCUT2D eigenvalue weighted by Crippen LogP contribution is -3.00. The molecule has 12 heterocycles. The predicted octanol–water partition coefficient (Wildman–Crippen LogP) is -10.5. The standard InChI is InChI=1S/C39H63N12.3HI/c1-4-43-13-19-49(22-16-46-10-7-40(1)34(43)37(46)49)28-31-25-32(29-50-20-14-44-5-2-41-8-11-47(17-23-50)38(50)35(41)44)27-33(26-31)30-51-21-15-45-6-3-42-9-12-48(18-24-51)39(51)36(42)45;;;/h25-27,34-39H,1-24,28-30H2;3*1H/q+3;;;/p-3. The van der Waals surface area contributed by atoms with E-state index in [2.05, 4.69) is 62.3 Å². The summed E-state index contributed by atoms with van der Waals surface area (Å²) < 4.78 is 3.93. The Morgan fingerprint density at radius 3 is 0.778 bits per heavy atom. The van der Waals surface area contributed by atoms with E-state index in [9.17, 15) is 0 Å². The van der Waals surface area contributed by atoms with Gasteiger partial charge in [0, 0.05) is 115 Å². The molecule has 0 spiro atoms. The van der Waals surface area contributed by atoms with Crippen molar-refractivity contribution >= 4 is 0 Å². The second kappa shape index (κ2) is 14.3. The summed E-state index contributed by atoms with van der Waals surface area (Å²) in [6, 6.07) is 8.31. The SMILES string of the molecule is [I-].[I-].[I-].c1c(C[N+]23CCN4CCN5CCN(CC2)C3C54)cc(C[N+]23CCN4CCN5CCN(CC2)C3C54)cc1C[N+]12CCN3CCN4CCN(CC1)C2C43. The summed E-state index contributed by atoms with van der Waals surface area (Å²) in [4.78, 5) is 25.9. The molecule has 12 aliphatic heterocycles. The van der Waals surface area contributed by atoms with Gasteiger partial charge in [0.15, 0.2) is 18.5 Å². The molecular formula is C39H63I3N12. The minimum Gasteiger partial charge on any atom is -1.00 e. The van der Waals surface area contributed by atoms with E-state index >= 15 is 0 Å². The summed E-state index contributed by atoms with van der Waals surface area (Å²) in [5.41, 5.74) is 5.02. The van der Waals surface area contributed by atoms with Gasteiger partial charge in [-0.2, -0.15) is 0 Å². The van der Waals surface area contributed by atoms with Gasteiger partial charge in [0.25, 0.3) is 0 Å². The fraction of sp³-hybridized carbons (Fsp3) is 0.846. The maximum Gasteiger partial charge on any atom is 0.175 e. The van der Waals surface area contributed by atoms with E-state index in [4.69, 9.17) is 0 Å². The van der Waals surface area contributed by atoms with Gasteiger partial charge >= 0.3 is 0 Å². The molecule has 0 amide bonds. The van der Waals surface area contributed by atoms with Crippen LogP contribution in [0.15, 0.2) is 18.2 Å². The Hall–Kier alpha value is 0.930. The third-order valence-corrected chi connectivity index (χ3v) is 17.5. The van der Waals surface area contributed by atoms with Crippen LogP contribution in [-0.2, 0) is 19.6 Å². The second-order valence-electron chi connectivity index (χ2n) is 19.4. The molecule has 12 aliphatic rings. The number of benzene rings is 1. The number of piperazine rings is 6. The molecule has 0 aliphatic carbocycles. The minimum atomic E-state index is 0. The van der Waals surface area contributed by atoms with Crippen LogP contribution in [0.3, 0.4) is 0 Å². The molecule has 13 rings (SSSR count). The Labute approximate surface area is 375 Å². The van der Waals surface area contributed by atoms with Crippen LogP contribution in [0.1, 0.15) is 16.7 Å². The van der Waals surface area contributed by atoms with Crippen LogP contribution in [0.2, 0.25) is 0 Å². The Bertz CT molecular complexity index is 1400. The number of hydrogen-bond acceptors (Lipinski definition) is 9. The Morgan fingerprint density at radius 2 is 0.519 bits per heavy atom. The summed E-state index contributed by atoms with van der Waals surface area (Å²) in [6.07, 6.45) is 3.94. The van der Waals surface area contributed by atoms with Crippen molar-refractivity contribution in [3.05, 3.63) is 34.9 Å². The van der Waals surface area contributed by atoms with Crippen molar-refractivity contribution in [2.75, 3.05) is 157 Å². The molecule has 9 unspecified atom stereocenters. The molecule has 54 heavy (non-hydrogen) atoms. The highest BCUT2D eigenvalue weighted by Crippen LogP contribution is 2.44. The van der Waals surface area contributed by atoms with Crippen molar-refractivity contribution in [1.29, 1.82) is 0 Å². The summed E-state index contributed by atoms with van der Waals surface area (Å²) in [5, 5.41) is 0. The van der Waals surface area contributed by atoms with Gasteiger partial charge in [-0.3, -0.25) is 29.4 Å². The van der Waals surface area contributed by atoms with Crippen LogP contribution in [-0.4, -0.2) is 252 Å². The van der Waals surface area contributed by atoms with Gasteiger partial charge < -0.3 is 85.4 Å². The van der Waals surface area contributed by atoms with Crippen LogP contribution in [0.4, 0.5) is 0 Å². The van der Waals surface area contributed by atoms with E-state index in [0.717, 1.165) is 0 Å². The zero-order valence-electron chi connectivity index (χ0n) is 32.3. The topological polar surface area (TPSA) is 29.2 Å². The molecule has 0 bridgehead atoms. The van der Waals surface area contributed by atoms with Crippen LogP contribution in [0, 0.1) is 0 Å². The zero-order valence-corrected chi connectivity index (χ0v) is 38.8. The van der Waals surface area contributed by atoms with Gasteiger partial charge in [-0.1, -0.05) is 0 Å². The van der Waals surface area contributed by atoms with Crippen LogP contribution < -0.4 is 71.9 Å². The summed E-state index contributed by atoms with van der Waals surface area (Å²) in [7, 11) is 0. The van der Waals surface area contributed by atoms with E-state index in [-0.39, 0.29) is 71.9 Å². The van der Waals surface area contributed by atoms with Crippen LogP contribution in [0.5, 0.6) is 0 Å². The van der Waals surface area contributed by atoms with E-state index < -0.39 is 0 Å². The first kappa shape index (κ1) is 39.1. The monoisotopic (exact) mass is 1080 g/mol. The second-order valence-corrected chi connectivity index (χ2v) is 19.4. The quantitative estimate of drug-likeness (QED) is 0.204. The highest BCUT2D eigenvalue weighted by atomic mass is 127. The van der Waals surface area contributed by atoms with Gasteiger partial charge in [0.2, 0.25) is 0 Å². The number of rotatable bonds is 6. The average Bonchev–Trinajstić information content (AvgIpc) is 3.99. The Kier molecular flexibility index (Phi) is 10.3. The molecule has 1 aromatic rings. The number of quaternary nitrogens is 3. The van der Waals surface area contributed by atoms with Crippen molar-refractivity contribution in [2.45, 2.75) is 56.6 Å². The first-order valence-electron chi connectivity index (χ1n) is 21.4. The number of hydrogen-bond donors (Lipinski definition) is 0. The summed E-state index contributed by atoms with van der Waals surface area (Å²) >= 11 is 0. The maximum absolute atomic E-state index is 2.92. The molecular weight excluding hydrogens is 1020 g/mol. The summed E-state index contributed by atoms with van der Waals surface area (Å²) in [6.45, 7) is 34.9. The fourth-order valence-electron chi connectivity index (χ4n) is 15.3. The first-order valence-corrected chi connectivity index (χ1v) is 21.4. The molecule has 12 saturated heterocycles. The van der Waals surface area contributed by atoms with Crippen molar-refractivity contribution in [2.24, 2.45) is 0 Å². The largest absolute Gasteiger partial charge is 1.00 e. The third kappa shape index (κ3) is 5.58. The first-order chi connectivity index (χ1) is 25.1. The predicted molar refractivity (Wildman–Crippen MR) is 194 cm³/mol. The van der Waals surface area contributed by atoms with Crippen molar-refractivity contribution in [3.8, 4) is 0 Å². The Balaban J connectivity index is 0.00000120. The van der Waals surface area contributed by atoms with Crippen molar-refractivity contribution in [1.82, 2.24) is 44.1 Å². The van der Waals surface area contributed by atoms with E-state index in [1.54, 1.807) is 16.7 Å². The molecule has 12 nitrogen and oxygen atoms in total. The lowest BCUT2D eigenvalue weighted by molar-refractivity contribution is -0.967. The lowest BCUT2D eigenvalue weighted by Gasteiger charge is -2.54. The molecule has 0 saturated carbocycles. The molecule has 15 heteroatoms. The summed E-state index contributed by atoms with van der Waals surface area (Å²) in [5.74, 6) is 0. The zero-order chi connectivity index (χ0) is 33.1. The van der Waals surface area contributed by atoms with Gasteiger partial charge in [0.05, 0.1) is 58.9 Å². The number of nitrogens with zero attached hydrogens (tertiary/aromatic N) is 12. The van der Waals surface area contributed by atoms with E-state index in [0.29, 0.717) is 37.0 Å². The average molecular weight is 1080 g/mol. The highest BCUT2D eigenvalue weighted by molar-refractivity contribution is 5.30. The van der Waals surface area contributed by atoms with E-state index in [1.165, 1.54) is 190 Å². The number of halogens is 3. The third-order valence-electron chi connectivity index (χ3n) is 17.5. The van der Waals surface area contributed by atoms with Gasteiger partial charge in [-0.15, -0.1) is 0 Å². The van der Waals surface area contributed by atoms with Crippen LogP contribution >= 0.6 is 0 Å². The molecule has 0 aromatic heterocycles. The lowest BCUT2D eigenvalue weighted by atomic mass is 9.98. The van der Waals surface area contributed by atoms with Crippen LogP contribution in [0.25, 0.3) is 0 Å². The maximum atomic E-state index is 2.92. The van der Waals surface area contributed by atoms with Crippen molar-refractivity contribution < 1.29 is 85.4 Å². The molecule has 0 N–H and O–H groups in total. The molecule has 9 atom stereocenters. The smallest absolute Gasteiger partial charge is 0.175 e. The van der Waals surface area contributed by atoms with E-state index in [1.807, 2.05) is 0 Å². The Morgan fingerprint density at radius 1 is 0.315 bits per heavy atom. The van der Waals surface area contributed by atoms with Gasteiger partial charge in [-0.25, -0.2) is 14.7 Å². The highest BCUT2D eigenvalue weighted by Gasteiger charge is 2.63.